The topological polar surface area (TPSA) is 60.0 Å². The molecule has 2 N–H and O–H groups in total. The van der Waals surface area contributed by atoms with Crippen LogP contribution < -0.4 is 10.6 Å². The SMILES string of the molecule is CCNC(=NCc1ccc(C(=O)N2CCCCC2)cc1)NCCN1CCCCC1.I. The highest BCUT2D eigenvalue weighted by Gasteiger charge is 2.17. The zero-order chi connectivity index (χ0) is 20.3. The Bertz CT molecular complexity index is 652. The largest absolute Gasteiger partial charge is 0.357 e. The molecule has 0 saturated carbocycles. The number of hydrogen-bond donors (Lipinski definition) is 2. The van der Waals surface area contributed by atoms with E-state index in [4.69, 9.17) is 4.99 Å². The quantitative estimate of drug-likeness (QED) is 0.324. The number of benzene rings is 1. The molecule has 0 radical (unpaired) electrons. The van der Waals surface area contributed by atoms with Gasteiger partial charge in [0.05, 0.1) is 6.54 Å². The molecule has 168 valence electrons. The van der Waals surface area contributed by atoms with Crippen LogP contribution in [0.2, 0.25) is 0 Å². The summed E-state index contributed by atoms with van der Waals surface area (Å²) in [6, 6.07) is 7.94. The number of carbonyl (C=O) groups is 1. The molecule has 3 rings (SSSR count). The number of likely N-dealkylation sites (tertiary alicyclic amines) is 2. The average molecular weight is 527 g/mol. The molecular weight excluding hydrogens is 489 g/mol. The number of carbonyl (C=O) groups excluding carboxylic acids is 1. The molecule has 0 atom stereocenters. The highest BCUT2D eigenvalue weighted by molar-refractivity contribution is 14.0. The van der Waals surface area contributed by atoms with Gasteiger partial charge in [0.15, 0.2) is 5.96 Å². The molecule has 1 aromatic carbocycles. The molecule has 2 heterocycles. The van der Waals surface area contributed by atoms with E-state index in [1.54, 1.807) is 0 Å². The van der Waals surface area contributed by atoms with Gasteiger partial charge in [0.25, 0.3) is 5.91 Å². The van der Waals surface area contributed by atoms with Crippen molar-refractivity contribution >= 4 is 35.8 Å². The first kappa shape index (κ1) is 24.9. The van der Waals surface area contributed by atoms with Crippen LogP contribution in [0, 0.1) is 0 Å². The monoisotopic (exact) mass is 527 g/mol. The smallest absolute Gasteiger partial charge is 0.253 e. The predicted molar refractivity (Wildman–Crippen MR) is 135 cm³/mol. The first-order valence-electron chi connectivity index (χ1n) is 11.4. The number of rotatable bonds is 7. The minimum absolute atomic E-state index is 0. The van der Waals surface area contributed by atoms with Crippen molar-refractivity contribution in [3.63, 3.8) is 0 Å². The van der Waals surface area contributed by atoms with E-state index in [1.165, 1.54) is 38.8 Å². The molecule has 2 aliphatic heterocycles. The second kappa shape index (κ2) is 13.9. The van der Waals surface area contributed by atoms with Crippen molar-refractivity contribution in [2.75, 3.05) is 45.8 Å². The third-order valence-electron chi connectivity index (χ3n) is 5.78. The van der Waals surface area contributed by atoms with Crippen LogP contribution in [0.15, 0.2) is 29.3 Å². The van der Waals surface area contributed by atoms with Crippen molar-refractivity contribution in [1.29, 1.82) is 0 Å². The Labute approximate surface area is 198 Å². The van der Waals surface area contributed by atoms with Crippen molar-refractivity contribution in [3.05, 3.63) is 35.4 Å². The summed E-state index contributed by atoms with van der Waals surface area (Å²) >= 11 is 0. The number of aliphatic imine (C=N–C) groups is 1. The normalized spacial score (nSPS) is 17.9. The van der Waals surface area contributed by atoms with E-state index in [0.29, 0.717) is 6.54 Å². The zero-order valence-corrected chi connectivity index (χ0v) is 20.7. The number of piperidine rings is 2. The van der Waals surface area contributed by atoms with Gasteiger partial charge in [0, 0.05) is 38.3 Å². The van der Waals surface area contributed by atoms with Crippen LogP contribution >= 0.6 is 24.0 Å². The second-order valence-electron chi connectivity index (χ2n) is 8.07. The fraction of sp³-hybridized carbons (Fsp3) is 0.652. The van der Waals surface area contributed by atoms with Gasteiger partial charge in [0.1, 0.15) is 0 Å². The molecule has 0 bridgehead atoms. The molecule has 1 aromatic rings. The van der Waals surface area contributed by atoms with Crippen molar-refractivity contribution in [1.82, 2.24) is 20.4 Å². The van der Waals surface area contributed by atoms with E-state index in [2.05, 4.69) is 22.5 Å². The predicted octanol–water partition coefficient (Wildman–Crippen LogP) is 3.47. The number of nitrogens with one attached hydrogen (secondary N) is 2. The Balaban J connectivity index is 0.00000320. The zero-order valence-electron chi connectivity index (χ0n) is 18.4. The van der Waals surface area contributed by atoms with E-state index >= 15 is 0 Å². The maximum absolute atomic E-state index is 12.6. The van der Waals surface area contributed by atoms with Crippen molar-refractivity contribution in [2.45, 2.75) is 52.0 Å². The van der Waals surface area contributed by atoms with Crippen LogP contribution in [0.25, 0.3) is 0 Å². The van der Waals surface area contributed by atoms with Gasteiger partial charge in [0.2, 0.25) is 0 Å². The molecule has 30 heavy (non-hydrogen) atoms. The summed E-state index contributed by atoms with van der Waals surface area (Å²) in [4.78, 5) is 21.8. The molecular formula is C23H38IN5O. The number of amides is 1. The first-order valence-corrected chi connectivity index (χ1v) is 11.4. The number of halogens is 1. The van der Waals surface area contributed by atoms with Gasteiger partial charge >= 0.3 is 0 Å². The lowest BCUT2D eigenvalue weighted by molar-refractivity contribution is 0.0724. The van der Waals surface area contributed by atoms with Gasteiger partial charge in [-0.05, 0) is 69.8 Å². The third-order valence-corrected chi connectivity index (χ3v) is 5.78. The lowest BCUT2D eigenvalue weighted by Crippen LogP contribution is -2.42. The maximum atomic E-state index is 12.6. The minimum atomic E-state index is 0. The summed E-state index contributed by atoms with van der Waals surface area (Å²) in [6.45, 7) is 9.74. The molecule has 0 aromatic heterocycles. The molecule has 7 heteroatoms. The fourth-order valence-corrected chi connectivity index (χ4v) is 4.06. The Kier molecular flexibility index (Phi) is 11.5. The second-order valence-corrected chi connectivity index (χ2v) is 8.07. The molecule has 1 amide bonds. The van der Waals surface area contributed by atoms with Crippen LogP contribution in [-0.4, -0.2) is 67.5 Å². The van der Waals surface area contributed by atoms with E-state index in [-0.39, 0.29) is 29.9 Å². The van der Waals surface area contributed by atoms with E-state index in [0.717, 1.165) is 62.7 Å². The summed E-state index contributed by atoms with van der Waals surface area (Å²) in [5.74, 6) is 1.02. The summed E-state index contributed by atoms with van der Waals surface area (Å²) < 4.78 is 0. The number of nitrogens with zero attached hydrogens (tertiary/aromatic N) is 3. The highest BCUT2D eigenvalue weighted by atomic mass is 127. The number of guanidine groups is 1. The number of hydrogen-bond acceptors (Lipinski definition) is 3. The van der Waals surface area contributed by atoms with Gasteiger partial charge in [-0.3, -0.25) is 4.79 Å². The fourth-order valence-electron chi connectivity index (χ4n) is 4.06. The Morgan fingerprint density at radius 1 is 0.933 bits per heavy atom. The van der Waals surface area contributed by atoms with Gasteiger partial charge in [-0.25, -0.2) is 4.99 Å². The average Bonchev–Trinajstić information content (AvgIpc) is 2.78. The first-order chi connectivity index (χ1) is 14.3. The summed E-state index contributed by atoms with van der Waals surface area (Å²) in [5.41, 5.74) is 1.90. The van der Waals surface area contributed by atoms with Crippen LogP contribution in [0.3, 0.4) is 0 Å². The van der Waals surface area contributed by atoms with Gasteiger partial charge < -0.3 is 20.4 Å². The van der Waals surface area contributed by atoms with Crippen molar-refractivity contribution in [3.8, 4) is 0 Å². The lowest BCUT2D eigenvalue weighted by atomic mass is 10.1. The summed E-state index contributed by atoms with van der Waals surface area (Å²) in [7, 11) is 0. The molecule has 0 aliphatic carbocycles. The third kappa shape index (κ3) is 8.06. The van der Waals surface area contributed by atoms with E-state index < -0.39 is 0 Å². The van der Waals surface area contributed by atoms with Crippen LogP contribution in [0.1, 0.15) is 61.4 Å². The molecule has 0 spiro atoms. The molecule has 2 fully saturated rings. The van der Waals surface area contributed by atoms with Crippen LogP contribution in [-0.2, 0) is 6.54 Å². The van der Waals surface area contributed by atoms with Crippen LogP contribution in [0.4, 0.5) is 0 Å². The lowest BCUT2D eigenvalue weighted by Gasteiger charge is -2.26. The van der Waals surface area contributed by atoms with Crippen molar-refractivity contribution < 1.29 is 4.79 Å². The minimum Gasteiger partial charge on any atom is -0.357 e. The maximum Gasteiger partial charge on any atom is 0.253 e. The van der Waals surface area contributed by atoms with Gasteiger partial charge in [-0.1, -0.05) is 18.6 Å². The van der Waals surface area contributed by atoms with Crippen LogP contribution in [0.5, 0.6) is 0 Å². The molecule has 2 aliphatic rings. The molecule has 6 nitrogen and oxygen atoms in total. The molecule has 0 unspecified atom stereocenters. The standard InChI is InChI=1S/C23H37N5O.HI/c1-2-24-23(25-13-18-27-14-5-3-6-15-27)26-19-20-9-11-21(12-10-20)22(29)28-16-7-4-8-17-28;/h9-12H,2-8,13-19H2,1H3,(H2,24,25,26);1H. The Morgan fingerprint density at radius 2 is 1.57 bits per heavy atom. The Morgan fingerprint density at radius 3 is 2.20 bits per heavy atom. The van der Waals surface area contributed by atoms with E-state index in [9.17, 15) is 4.79 Å². The molecule has 2 saturated heterocycles. The van der Waals surface area contributed by atoms with Crippen molar-refractivity contribution in [2.24, 2.45) is 4.99 Å². The summed E-state index contributed by atoms with van der Waals surface area (Å²) in [5, 5.41) is 6.77. The van der Waals surface area contributed by atoms with E-state index in [1.807, 2.05) is 29.2 Å². The highest BCUT2D eigenvalue weighted by Crippen LogP contribution is 2.14. The summed E-state index contributed by atoms with van der Waals surface area (Å²) in [6.07, 6.45) is 7.50. The Hall–Kier alpha value is -1.35. The van der Waals surface area contributed by atoms with Gasteiger partial charge in [-0.2, -0.15) is 0 Å². The van der Waals surface area contributed by atoms with Gasteiger partial charge in [-0.15, -0.1) is 24.0 Å².